The van der Waals surface area contributed by atoms with E-state index in [1.54, 1.807) is 0 Å². The minimum atomic E-state index is -0.0311. The van der Waals surface area contributed by atoms with Gasteiger partial charge in [0, 0.05) is 32.6 Å². The van der Waals surface area contributed by atoms with E-state index in [1.807, 2.05) is 18.9 Å². The summed E-state index contributed by atoms with van der Waals surface area (Å²) in [6, 6.07) is 0. The number of piperidine rings is 1. The lowest BCUT2D eigenvalue weighted by Crippen LogP contribution is -2.46. The number of hydrogen-bond acceptors (Lipinski definition) is 3. The van der Waals surface area contributed by atoms with E-state index in [9.17, 15) is 9.59 Å². The number of hydrogen-bond donors (Lipinski definition) is 2. The fourth-order valence-corrected chi connectivity index (χ4v) is 2.24. The SMILES string of the molecule is CCCC(=O)N1CCCC(C(=O)NCCNC)C1. The van der Waals surface area contributed by atoms with Gasteiger partial charge in [-0.3, -0.25) is 9.59 Å². The van der Waals surface area contributed by atoms with E-state index < -0.39 is 0 Å². The van der Waals surface area contributed by atoms with Crippen molar-refractivity contribution in [2.24, 2.45) is 5.92 Å². The molecule has 0 saturated carbocycles. The lowest BCUT2D eigenvalue weighted by atomic mass is 9.97. The Hall–Kier alpha value is -1.10. The number of amides is 2. The third-order valence-electron chi connectivity index (χ3n) is 3.28. The Kier molecular flexibility index (Phi) is 6.72. The van der Waals surface area contributed by atoms with Gasteiger partial charge >= 0.3 is 0 Å². The lowest BCUT2D eigenvalue weighted by molar-refractivity contribution is -0.135. The molecule has 1 rings (SSSR count). The van der Waals surface area contributed by atoms with E-state index in [2.05, 4.69) is 10.6 Å². The molecule has 5 heteroatoms. The first-order valence-electron chi connectivity index (χ1n) is 6.89. The first-order chi connectivity index (χ1) is 8.69. The van der Waals surface area contributed by atoms with Crippen LogP contribution in [0.5, 0.6) is 0 Å². The second-order valence-electron chi connectivity index (χ2n) is 4.82. The Bertz CT molecular complexity index is 281. The fourth-order valence-electron chi connectivity index (χ4n) is 2.24. The summed E-state index contributed by atoms with van der Waals surface area (Å²) in [4.78, 5) is 25.6. The predicted molar refractivity (Wildman–Crippen MR) is 71.1 cm³/mol. The molecule has 104 valence electrons. The van der Waals surface area contributed by atoms with Crippen molar-refractivity contribution in [1.29, 1.82) is 0 Å². The molecule has 1 heterocycles. The highest BCUT2D eigenvalue weighted by atomic mass is 16.2. The third kappa shape index (κ3) is 4.64. The molecule has 1 aliphatic heterocycles. The summed E-state index contributed by atoms with van der Waals surface area (Å²) in [5.74, 6) is 0.237. The number of carbonyl (C=O) groups excluding carboxylic acids is 2. The average molecular weight is 255 g/mol. The minimum Gasteiger partial charge on any atom is -0.355 e. The Morgan fingerprint density at radius 3 is 2.78 bits per heavy atom. The van der Waals surface area contributed by atoms with Crippen LogP contribution in [0.15, 0.2) is 0 Å². The molecular formula is C13H25N3O2. The summed E-state index contributed by atoms with van der Waals surface area (Å²) >= 11 is 0. The quantitative estimate of drug-likeness (QED) is 0.674. The third-order valence-corrected chi connectivity index (χ3v) is 3.28. The van der Waals surface area contributed by atoms with Crippen LogP contribution in [0.4, 0.5) is 0 Å². The molecule has 2 N–H and O–H groups in total. The van der Waals surface area contributed by atoms with E-state index in [1.165, 1.54) is 0 Å². The van der Waals surface area contributed by atoms with Crippen molar-refractivity contribution < 1.29 is 9.59 Å². The van der Waals surface area contributed by atoms with Gasteiger partial charge < -0.3 is 15.5 Å². The van der Waals surface area contributed by atoms with Crippen LogP contribution < -0.4 is 10.6 Å². The zero-order chi connectivity index (χ0) is 13.4. The normalized spacial score (nSPS) is 19.7. The molecule has 18 heavy (non-hydrogen) atoms. The molecule has 0 aromatic carbocycles. The van der Waals surface area contributed by atoms with Gasteiger partial charge in [0.05, 0.1) is 5.92 Å². The molecule has 0 bridgehead atoms. The maximum Gasteiger partial charge on any atom is 0.224 e. The van der Waals surface area contributed by atoms with Crippen molar-refractivity contribution >= 4 is 11.8 Å². The molecule has 5 nitrogen and oxygen atoms in total. The molecule has 1 aliphatic rings. The van der Waals surface area contributed by atoms with E-state index in [0.29, 0.717) is 19.5 Å². The van der Waals surface area contributed by atoms with Crippen molar-refractivity contribution in [3.8, 4) is 0 Å². The first kappa shape index (κ1) is 15.0. The maximum atomic E-state index is 11.9. The number of likely N-dealkylation sites (tertiary alicyclic amines) is 1. The fraction of sp³-hybridized carbons (Fsp3) is 0.846. The van der Waals surface area contributed by atoms with Crippen molar-refractivity contribution in [2.45, 2.75) is 32.6 Å². The monoisotopic (exact) mass is 255 g/mol. The number of carbonyl (C=O) groups is 2. The van der Waals surface area contributed by atoms with Crippen molar-refractivity contribution in [1.82, 2.24) is 15.5 Å². The summed E-state index contributed by atoms with van der Waals surface area (Å²) in [6.45, 7) is 4.82. The molecule has 0 spiro atoms. The van der Waals surface area contributed by atoms with Crippen molar-refractivity contribution in [2.75, 3.05) is 33.2 Å². The Labute approximate surface area is 109 Å². The molecule has 0 aromatic rings. The van der Waals surface area contributed by atoms with Gasteiger partial charge in [-0.05, 0) is 26.3 Å². The van der Waals surface area contributed by atoms with Crippen LogP contribution in [0.25, 0.3) is 0 Å². The molecular weight excluding hydrogens is 230 g/mol. The zero-order valence-electron chi connectivity index (χ0n) is 11.5. The first-order valence-corrected chi connectivity index (χ1v) is 6.89. The number of nitrogens with one attached hydrogen (secondary N) is 2. The molecule has 1 atom stereocenters. The molecule has 0 radical (unpaired) electrons. The van der Waals surface area contributed by atoms with Gasteiger partial charge in [-0.15, -0.1) is 0 Å². The summed E-state index contributed by atoms with van der Waals surface area (Å²) in [6.07, 6.45) is 3.28. The van der Waals surface area contributed by atoms with Gasteiger partial charge in [-0.2, -0.15) is 0 Å². The van der Waals surface area contributed by atoms with Gasteiger partial charge in [-0.25, -0.2) is 0 Å². The summed E-state index contributed by atoms with van der Waals surface area (Å²) < 4.78 is 0. The lowest BCUT2D eigenvalue weighted by Gasteiger charge is -2.32. The van der Waals surface area contributed by atoms with Gasteiger partial charge in [0.2, 0.25) is 11.8 Å². The Morgan fingerprint density at radius 1 is 1.33 bits per heavy atom. The Morgan fingerprint density at radius 2 is 2.11 bits per heavy atom. The smallest absolute Gasteiger partial charge is 0.224 e. The van der Waals surface area contributed by atoms with Crippen molar-refractivity contribution in [3.05, 3.63) is 0 Å². The number of likely N-dealkylation sites (N-methyl/N-ethyl adjacent to an activating group) is 1. The van der Waals surface area contributed by atoms with E-state index >= 15 is 0 Å². The standard InChI is InChI=1S/C13H25N3O2/c1-3-5-12(17)16-9-4-6-11(10-16)13(18)15-8-7-14-2/h11,14H,3-10H2,1-2H3,(H,15,18). The zero-order valence-corrected chi connectivity index (χ0v) is 11.5. The molecule has 1 unspecified atom stereocenters. The topological polar surface area (TPSA) is 61.4 Å². The largest absolute Gasteiger partial charge is 0.355 e. The average Bonchev–Trinajstić information content (AvgIpc) is 2.39. The summed E-state index contributed by atoms with van der Waals surface area (Å²) in [5, 5.41) is 5.90. The Balaban J connectivity index is 2.38. The highest BCUT2D eigenvalue weighted by Crippen LogP contribution is 2.17. The van der Waals surface area contributed by atoms with Gasteiger partial charge in [0.1, 0.15) is 0 Å². The van der Waals surface area contributed by atoms with Crippen LogP contribution in [0.3, 0.4) is 0 Å². The van der Waals surface area contributed by atoms with Crippen LogP contribution in [0.2, 0.25) is 0 Å². The summed E-state index contributed by atoms with van der Waals surface area (Å²) in [7, 11) is 1.86. The molecule has 0 aliphatic carbocycles. The molecule has 1 saturated heterocycles. The second kappa shape index (κ2) is 8.08. The van der Waals surface area contributed by atoms with Gasteiger partial charge in [-0.1, -0.05) is 6.92 Å². The van der Waals surface area contributed by atoms with E-state index in [0.717, 1.165) is 32.4 Å². The van der Waals surface area contributed by atoms with Crippen LogP contribution in [0.1, 0.15) is 32.6 Å². The van der Waals surface area contributed by atoms with E-state index in [4.69, 9.17) is 0 Å². The minimum absolute atomic E-state index is 0.0311. The van der Waals surface area contributed by atoms with Crippen LogP contribution in [0, 0.1) is 5.92 Å². The number of nitrogens with zero attached hydrogens (tertiary/aromatic N) is 1. The highest BCUT2D eigenvalue weighted by molar-refractivity contribution is 5.81. The van der Waals surface area contributed by atoms with E-state index in [-0.39, 0.29) is 17.7 Å². The van der Waals surface area contributed by atoms with Gasteiger partial charge in [0.25, 0.3) is 0 Å². The van der Waals surface area contributed by atoms with Crippen LogP contribution in [-0.2, 0) is 9.59 Å². The highest BCUT2D eigenvalue weighted by Gasteiger charge is 2.27. The van der Waals surface area contributed by atoms with Crippen LogP contribution >= 0.6 is 0 Å². The maximum absolute atomic E-state index is 11.9. The molecule has 1 fully saturated rings. The van der Waals surface area contributed by atoms with Gasteiger partial charge in [0.15, 0.2) is 0 Å². The second-order valence-corrected chi connectivity index (χ2v) is 4.82. The summed E-state index contributed by atoms with van der Waals surface area (Å²) in [5.41, 5.74) is 0. The predicted octanol–water partition coefficient (Wildman–Crippen LogP) is 0.361. The molecule has 2 amide bonds. The number of rotatable bonds is 6. The van der Waals surface area contributed by atoms with Crippen molar-refractivity contribution in [3.63, 3.8) is 0 Å². The molecule has 0 aromatic heterocycles. The van der Waals surface area contributed by atoms with Crippen LogP contribution in [-0.4, -0.2) is 49.9 Å².